The van der Waals surface area contributed by atoms with Crippen molar-refractivity contribution >= 4 is 6.09 Å². The van der Waals surface area contributed by atoms with Gasteiger partial charge in [-0.05, 0) is 12.5 Å². The SMILES string of the molecule is CC(OC(=O)n1c(=O)[nH][nH]c1=O)c1ccccc1. The molecule has 0 fully saturated rings. The predicted octanol–water partition coefficient (Wildman–Crippen LogP) is 0.611. The Balaban J connectivity index is 2.18. The molecular weight excluding hydrogens is 238 g/mol. The van der Waals surface area contributed by atoms with E-state index in [-0.39, 0.29) is 0 Å². The van der Waals surface area contributed by atoms with E-state index < -0.39 is 23.6 Å². The van der Waals surface area contributed by atoms with Crippen LogP contribution in [0.5, 0.6) is 0 Å². The topological polar surface area (TPSA) is 96.9 Å². The highest BCUT2D eigenvalue weighted by atomic mass is 16.6. The Morgan fingerprint density at radius 2 is 1.72 bits per heavy atom. The number of nitrogens with zero attached hydrogens (tertiary/aromatic N) is 1. The molecular formula is C11H11N3O4. The van der Waals surface area contributed by atoms with Gasteiger partial charge in [-0.3, -0.25) is 0 Å². The van der Waals surface area contributed by atoms with E-state index in [9.17, 15) is 14.4 Å². The quantitative estimate of drug-likeness (QED) is 0.814. The molecule has 0 radical (unpaired) electrons. The standard InChI is InChI=1S/C11H11N3O4/c1-7(8-5-3-2-4-6-8)18-11(17)14-9(15)12-13-10(14)16/h2-7H,1H3,(H,12,15)(H,13,16). The number of carbonyl (C=O) groups excluding carboxylic acids is 1. The maximum Gasteiger partial charge on any atom is 0.427 e. The van der Waals surface area contributed by atoms with Gasteiger partial charge in [0.25, 0.3) is 0 Å². The molecule has 0 bridgehead atoms. The second-order valence-corrected chi connectivity index (χ2v) is 3.63. The Kier molecular flexibility index (Phi) is 3.13. The lowest BCUT2D eigenvalue weighted by atomic mass is 10.1. The molecule has 1 aromatic heterocycles. The van der Waals surface area contributed by atoms with Crippen LogP contribution in [0.3, 0.4) is 0 Å². The summed E-state index contributed by atoms with van der Waals surface area (Å²) in [5, 5.41) is 4.00. The van der Waals surface area contributed by atoms with Crippen molar-refractivity contribution < 1.29 is 9.53 Å². The first-order valence-corrected chi connectivity index (χ1v) is 5.25. The predicted molar refractivity (Wildman–Crippen MR) is 62.4 cm³/mol. The molecule has 2 rings (SSSR count). The minimum atomic E-state index is -1.01. The van der Waals surface area contributed by atoms with Gasteiger partial charge in [0.1, 0.15) is 6.10 Å². The number of hydrogen-bond acceptors (Lipinski definition) is 4. The normalized spacial score (nSPS) is 12.1. The fraction of sp³-hybridized carbons (Fsp3) is 0.182. The molecule has 0 saturated heterocycles. The lowest BCUT2D eigenvalue weighted by molar-refractivity contribution is 0.107. The molecule has 2 N–H and O–H groups in total. The molecule has 18 heavy (non-hydrogen) atoms. The molecule has 1 unspecified atom stereocenters. The molecule has 0 aliphatic rings. The van der Waals surface area contributed by atoms with Crippen molar-refractivity contribution in [2.45, 2.75) is 13.0 Å². The van der Waals surface area contributed by atoms with E-state index >= 15 is 0 Å². The molecule has 7 nitrogen and oxygen atoms in total. The van der Waals surface area contributed by atoms with Crippen LogP contribution in [-0.2, 0) is 4.74 Å². The molecule has 7 heteroatoms. The van der Waals surface area contributed by atoms with Crippen LogP contribution in [0.25, 0.3) is 0 Å². The molecule has 2 aromatic rings. The van der Waals surface area contributed by atoms with Crippen molar-refractivity contribution in [1.29, 1.82) is 0 Å². The lowest BCUT2D eigenvalue weighted by Crippen LogP contribution is -2.34. The summed E-state index contributed by atoms with van der Waals surface area (Å²) in [5.41, 5.74) is -0.943. The molecule has 0 saturated carbocycles. The Hall–Kier alpha value is -2.57. The van der Waals surface area contributed by atoms with Gasteiger partial charge in [0.2, 0.25) is 0 Å². The third kappa shape index (κ3) is 2.24. The van der Waals surface area contributed by atoms with E-state index in [0.717, 1.165) is 5.56 Å². The molecule has 0 aliphatic heterocycles. The number of aromatic amines is 2. The van der Waals surface area contributed by atoms with Crippen molar-refractivity contribution in [3.05, 3.63) is 56.9 Å². The first-order chi connectivity index (χ1) is 8.59. The highest BCUT2D eigenvalue weighted by Gasteiger charge is 2.17. The number of carbonyl (C=O) groups is 1. The Morgan fingerprint density at radius 3 is 2.28 bits per heavy atom. The van der Waals surface area contributed by atoms with Gasteiger partial charge in [-0.2, -0.15) is 0 Å². The highest BCUT2D eigenvalue weighted by molar-refractivity contribution is 5.70. The van der Waals surface area contributed by atoms with Crippen molar-refractivity contribution in [3.63, 3.8) is 0 Å². The van der Waals surface area contributed by atoms with E-state index in [1.165, 1.54) is 0 Å². The van der Waals surface area contributed by atoms with Crippen LogP contribution in [0.1, 0.15) is 18.6 Å². The largest absolute Gasteiger partial charge is 0.441 e. The maximum absolute atomic E-state index is 11.6. The smallest absolute Gasteiger partial charge is 0.427 e. The summed E-state index contributed by atoms with van der Waals surface area (Å²) in [6, 6.07) is 8.99. The van der Waals surface area contributed by atoms with Crippen LogP contribution in [0, 0.1) is 0 Å². The Labute approximate surface area is 101 Å². The summed E-state index contributed by atoms with van der Waals surface area (Å²) in [6.07, 6.45) is -1.57. The summed E-state index contributed by atoms with van der Waals surface area (Å²) >= 11 is 0. The number of hydrogen-bond donors (Lipinski definition) is 2. The van der Waals surface area contributed by atoms with E-state index in [4.69, 9.17) is 4.74 Å². The van der Waals surface area contributed by atoms with Crippen LogP contribution in [-0.4, -0.2) is 20.9 Å². The maximum atomic E-state index is 11.6. The lowest BCUT2D eigenvalue weighted by Gasteiger charge is -2.12. The van der Waals surface area contributed by atoms with E-state index in [1.54, 1.807) is 31.2 Å². The molecule has 1 aromatic carbocycles. The Morgan fingerprint density at radius 1 is 1.17 bits per heavy atom. The third-order valence-corrected chi connectivity index (χ3v) is 2.41. The van der Waals surface area contributed by atoms with E-state index in [0.29, 0.717) is 4.57 Å². The third-order valence-electron chi connectivity index (χ3n) is 2.41. The van der Waals surface area contributed by atoms with Crippen LogP contribution in [0.2, 0.25) is 0 Å². The van der Waals surface area contributed by atoms with Crippen LogP contribution in [0.4, 0.5) is 4.79 Å². The number of ether oxygens (including phenoxy) is 1. The van der Waals surface area contributed by atoms with Gasteiger partial charge in [0.05, 0.1) is 0 Å². The van der Waals surface area contributed by atoms with Gasteiger partial charge in [0, 0.05) is 0 Å². The second kappa shape index (κ2) is 4.74. The number of benzene rings is 1. The summed E-state index contributed by atoms with van der Waals surface area (Å²) in [4.78, 5) is 34.0. The van der Waals surface area contributed by atoms with E-state index in [1.807, 2.05) is 16.3 Å². The zero-order chi connectivity index (χ0) is 13.1. The molecule has 0 amide bonds. The second-order valence-electron chi connectivity index (χ2n) is 3.63. The fourth-order valence-corrected chi connectivity index (χ4v) is 1.47. The van der Waals surface area contributed by atoms with Gasteiger partial charge in [-0.1, -0.05) is 30.3 Å². The Bertz CT molecular complexity index is 625. The van der Waals surface area contributed by atoms with Crippen molar-refractivity contribution in [1.82, 2.24) is 14.8 Å². The van der Waals surface area contributed by atoms with Crippen LogP contribution < -0.4 is 11.4 Å². The average molecular weight is 249 g/mol. The zero-order valence-corrected chi connectivity index (χ0v) is 9.54. The van der Waals surface area contributed by atoms with Crippen molar-refractivity contribution in [3.8, 4) is 0 Å². The summed E-state index contributed by atoms with van der Waals surface area (Å²) < 4.78 is 5.39. The molecule has 94 valence electrons. The number of aromatic nitrogens is 3. The number of H-pyrrole nitrogens is 2. The monoisotopic (exact) mass is 249 g/mol. The summed E-state index contributed by atoms with van der Waals surface area (Å²) in [7, 11) is 0. The van der Waals surface area contributed by atoms with Crippen molar-refractivity contribution in [2.24, 2.45) is 0 Å². The fourth-order valence-electron chi connectivity index (χ4n) is 1.47. The van der Waals surface area contributed by atoms with Crippen LogP contribution >= 0.6 is 0 Å². The van der Waals surface area contributed by atoms with Crippen molar-refractivity contribution in [2.75, 3.05) is 0 Å². The van der Waals surface area contributed by atoms with Gasteiger partial charge >= 0.3 is 17.5 Å². The molecule has 0 spiro atoms. The summed E-state index contributed by atoms with van der Waals surface area (Å²) in [5.74, 6) is 0. The van der Waals surface area contributed by atoms with Gasteiger partial charge in [-0.15, -0.1) is 4.57 Å². The first-order valence-electron chi connectivity index (χ1n) is 5.25. The van der Waals surface area contributed by atoms with Gasteiger partial charge in [-0.25, -0.2) is 24.6 Å². The highest BCUT2D eigenvalue weighted by Crippen LogP contribution is 2.15. The number of rotatable bonds is 2. The molecule has 1 heterocycles. The average Bonchev–Trinajstić information content (AvgIpc) is 2.70. The zero-order valence-electron chi connectivity index (χ0n) is 9.54. The summed E-state index contributed by atoms with van der Waals surface area (Å²) in [6.45, 7) is 1.65. The first kappa shape index (κ1) is 11.9. The molecule has 1 atom stereocenters. The van der Waals surface area contributed by atoms with Gasteiger partial charge < -0.3 is 4.74 Å². The minimum absolute atomic E-state index is 0.361. The number of nitrogens with one attached hydrogen (secondary N) is 2. The van der Waals surface area contributed by atoms with E-state index in [2.05, 4.69) is 0 Å². The van der Waals surface area contributed by atoms with Gasteiger partial charge in [0.15, 0.2) is 0 Å². The molecule has 0 aliphatic carbocycles. The van der Waals surface area contributed by atoms with Crippen LogP contribution in [0.15, 0.2) is 39.9 Å². The minimum Gasteiger partial charge on any atom is -0.441 e.